The fraction of sp³-hybridized carbons (Fsp3) is 0. The molecular formula is C12H7BrClN3O2. The Morgan fingerprint density at radius 3 is 2.63 bits per heavy atom. The first kappa shape index (κ1) is 12.3. The minimum atomic E-state index is 0.474. The number of nitrogen functional groups attached to an aromatic ring is 1. The van der Waals surface area contributed by atoms with Crippen molar-refractivity contribution in [2.75, 3.05) is 5.73 Å². The molecule has 3 aromatic rings. The molecule has 0 aliphatic carbocycles. The van der Waals surface area contributed by atoms with Gasteiger partial charge in [0.05, 0.1) is 10.2 Å². The monoisotopic (exact) mass is 339 g/mol. The molecule has 1 heterocycles. The lowest BCUT2D eigenvalue weighted by Gasteiger charge is -2.08. The molecule has 1 aromatic heterocycles. The van der Waals surface area contributed by atoms with E-state index in [1.54, 1.807) is 30.3 Å². The van der Waals surface area contributed by atoms with Crippen molar-refractivity contribution in [1.82, 2.24) is 10.3 Å². The lowest BCUT2D eigenvalue weighted by Crippen LogP contribution is -1.91. The summed E-state index contributed by atoms with van der Waals surface area (Å²) in [5.41, 5.74) is 7.20. The molecule has 3 rings (SSSR count). The Balaban J connectivity index is 2.06. The first-order chi connectivity index (χ1) is 9.15. The molecule has 0 saturated carbocycles. The van der Waals surface area contributed by atoms with Gasteiger partial charge in [-0.05, 0) is 56.6 Å². The van der Waals surface area contributed by atoms with Gasteiger partial charge < -0.3 is 10.5 Å². The molecule has 0 radical (unpaired) electrons. The second-order valence-electron chi connectivity index (χ2n) is 3.79. The number of rotatable bonds is 2. The average Bonchev–Trinajstić information content (AvgIpc) is 2.86. The summed E-state index contributed by atoms with van der Waals surface area (Å²) in [7, 11) is 0. The SMILES string of the molecule is Nc1ccc(Oc2ccc(Cl)cc2Br)c2nonc12. The Morgan fingerprint density at radius 2 is 1.84 bits per heavy atom. The number of fused-ring (bicyclic) bond motifs is 1. The van der Waals surface area contributed by atoms with E-state index in [1.165, 1.54) is 0 Å². The number of ether oxygens (including phenoxy) is 1. The van der Waals surface area contributed by atoms with Gasteiger partial charge in [0, 0.05) is 5.02 Å². The van der Waals surface area contributed by atoms with Gasteiger partial charge in [-0.15, -0.1) is 0 Å². The van der Waals surface area contributed by atoms with E-state index in [9.17, 15) is 0 Å². The average molecular weight is 341 g/mol. The Bertz CT molecular complexity index is 760. The third-order valence-electron chi connectivity index (χ3n) is 2.52. The van der Waals surface area contributed by atoms with Crippen molar-refractivity contribution in [2.24, 2.45) is 0 Å². The van der Waals surface area contributed by atoms with Crippen LogP contribution in [0.2, 0.25) is 5.02 Å². The van der Waals surface area contributed by atoms with Gasteiger partial charge in [-0.3, -0.25) is 0 Å². The first-order valence-electron chi connectivity index (χ1n) is 5.29. The Labute approximate surface area is 121 Å². The van der Waals surface area contributed by atoms with E-state index in [0.717, 1.165) is 4.47 Å². The van der Waals surface area contributed by atoms with Gasteiger partial charge in [0.1, 0.15) is 5.75 Å². The quantitative estimate of drug-likeness (QED) is 0.713. The number of benzene rings is 2. The van der Waals surface area contributed by atoms with Crippen LogP contribution in [0.5, 0.6) is 11.5 Å². The molecule has 5 nitrogen and oxygen atoms in total. The van der Waals surface area contributed by atoms with Gasteiger partial charge in [-0.25, -0.2) is 4.63 Å². The molecular weight excluding hydrogens is 334 g/mol. The molecule has 0 aliphatic heterocycles. The maximum Gasteiger partial charge on any atom is 0.179 e. The van der Waals surface area contributed by atoms with E-state index in [2.05, 4.69) is 30.9 Å². The second-order valence-corrected chi connectivity index (χ2v) is 5.08. The van der Waals surface area contributed by atoms with Crippen molar-refractivity contribution < 1.29 is 9.37 Å². The molecule has 0 fully saturated rings. The van der Waals surface area contributed by atoms with Crippen LogP contribution in [0, 0.1) is 0 Å². The highest BCUT2D eigenvalue weighted by Crippen LogP contribution is 2.35. The van der Waals surface area contributed by atoms with Crippen molar-refractivity contribution in [1.29, 1.82) is 0 Å². The fourth-order valence-electron chi connectivity index (χ4n) is 1.62. The van der Waals surface area contributed by atoms with Crippen molar-refractivity contribution in [2.45, 2.75) is 0 Å². The van der Waals surface area contributed by atoms with Crippen LogP contribution in [0.4, 0.5) is 5.69 Å². The second kappa shape index (κ2) is 4.71. The number of hydrogen-bond acceptors (Lipinski definition) is 5. The van der Waals surface area contributed by atoms with Crippen LogP contribution in [-0.4, -0.2) is 10.3 Å². The Morgan fingerprint density at radius 1 is 1.11 bits per heavy atom. The Hall–Kier alpha value is -1.79. The molecule has 96 valence electrons. The lowest BCUT2D eigenvalue weighted by molar-refractivity contribution is 0.314. The van der Waals surface area contributed by atoms with Crippen molar-refractivity contribution in [3.05, 3.63) is 39.8 Å². The molecule has 0 bridgehead atoms. The van der Waals surface area contributed by atoms with Crippen LogP contribution in [0.1, 0.15) is 0 Å². The molecule has 0 saturated heterocycles. The summed E-state index contributed by atoms with van der Waals surface area (Å²) in [5, 5.41) is 8.14. The largest absolute Gasteiger partial charge is 0.454 e. The number of nitrogens with zero attached hydrogens (tertiary/aromatic N) is 2. The summed E-state index contributed by atoms with van der Waals surface area (Å²) >= 11 is 9.26. The van der Waals surface area contributed by atoms with E-state index >= 15 is 0 Å². The van der Waals surface area contributed by atoms with E-state index in [4.69, 9.17) is 22.1 Å². The van der Waals surface area contributed by atoms with E-state index in [0.29, 0.717) is 33.2 Å². The number of aromatic nitrogens is 2. The van der Waals surface area contributed by atoms with Gasteiger partial charge in [-0.2, -0.15) is 0 Å². The zero-order valence-corrected chi connectivity index (χ0v) is 11.8. The van der Waals surface area contributed by atoms with Gasteiger partial charge in [0.15, 0.2) is 16.8 Å². The molecule has 0 amide bonds. The predicted octanol–water partition coefficient (Wildman–Crippen LogP) is 4.01. The maximum absolute atomic E-state index is 5.88. The van der Waals surface area contributed by atoms with Crippen LogP contribution in [-0.2, 0) is 0 Å². The van der Waals surface area contributed by atoms with Crippen LogP contribution in [0.15, 0.2) is 39.4 Å². The standard InChI is InChI=1S/C12H7BrClN3O2/c13-7-5-6(14)1-3-9(7)18-10-4-2-8(15)11-12(10)17-19-16-11/h1-5H,15H2. The minimum absolute atomic E-state index is 0.474. The summed E-state index contributed by atoms with van der Waals surface area (Å²) in [5.74, 6) is 1.12. The first-order valence-corrected chi connectivity index (χ1v) is 6.46. The van der Waals surface area contributed by atoms with Gasteiger partial charge in [-0.1, -0.05) is 11.6 Å². The van der Waals surface area contributed by atoms with Gasteiger partial charge in [0.25, 0.3) is 0 Å². The topological polar surface area (TPSA) is 74.2 Å². The summed E-state index contributed by atoms with van der Waals surface area (Å²) in [6.45, 7) is 0. The smallest absolute Gasteiger partial charge is 0.179 e. The van der Waals surface area contributed by atoms with Crippen LogP contribution < -0.4 is 10.5 Å². The van der Waals surface area contributed by atoms with Crippen molar-refractivity contribution in [3.8, 4) is 11.5 Å². The Kier molecular flexibility index (Phi) is 3.04. The summed E-state index contributed by atoms with van der Waals surface area (Å²) in [4.78, 5) is 0. The molecule has 19 heavy (non-hydrogen) atoms. The summed E-state index contributed by atoms with van der Waals surface area (Å²) < 4.78 is 11.2. The zero-order valence-electron chi connectivity index (χ0n) is 9.43. The third kappa shape index (κ3) is 2.24. The summed E-state index contributed by atoms with van der Waals surface area (Å²) in [6.07, 6.45) is 0. The zero-order chi connectivity index (χ0) is 13.4. The molecule has 2 aromatic carbocycles. The van der Waals surface area contributed by atoms with Gasteiger partial charge >= 0.3 is 0 Å². The van der Waals surface area contributed by atoms with Crippen molar-refractivity contribution in [3.63, 3.8) is 0 Å². The number of halogens is 2. The van der Waals surface area contributed by atoms with Crippen LogP contribution in [0.3, 0.4) is 0 Å². The van der Waals surface area contributed by atoms with Crippen LogP contribution >= 0.6 is 27.5 Å². The molecule has 0 unspecified atom stereocenters. The highest BCUT2D eigenvalue weighted by Gasteiger charge is 2.13. The molecule has 0 aliphatic rings. The highest BCUT2D eigenvalue weighted by atomic mass is 79.9. The van der Waals surface area contributed by atoms with E-state index < -0.39 is 0 Å². The van der Waals surface area contributed by atoms with E-state index in [1.807, 2.05) is 0 Å². The summed E-state index contributed by atoms with van der Waals surface area (Å²) in [6, 6.07) is 8.63. The van der Waals surface area contributed by atoms with E-state index in [-0.39, 0.29) is 0 Å². The predicted molar refractivity (Wildman–Crippen MR) is 75.4 cm³/mol. The maximum atomic E-state index is 5.88. The number of hydrogen-bond donors (Lipinski definition) is 1. The molecule has 7 heteroatoms. The third-order valence-corrected chi connectivity index (χ3v) is 3.38. The minimum Gasteiger partial charge on any atom is -0.454 e. The number of anilines is 1. The number of nitrogens with two attached hydrogens (primary N) is 1. The fourth-order valence-corrected chi connectivity index (χ4v) is 2.39. The molecule has 0 atom stereocenters. The lowest BCUT2D eigenvalue weighted by atomic mass is 10.2. The molecule has 0 spiro atoms. The van der Waals surface area contributed by atoms with Gasteiger partial charge in [0.2, 0.25) is 0 Å². The van der Waals surface area contributed by atoms with Crippen molar-refractivity contribution >= 4 is 44.3 Å². The highest BCUT2D eigenvalue weighted by molar-refractivity contribution is 9.10. The molecule has 2 N–H and O–H groups in total. The van der Waals surface area contributed by atoms with Crippen LogP contribution in [0.25, 0.3) is 11.0 Å². The normalized spacial score (nSPS) is 10.8.